The van der Waals surface area contributed by atoms with Crippen LogP contribution in [0.1, 0.15) is 12.5 Å². The van der Waals surface area contributed by atoms with Gasteiger partial charge in [-0.25, -0.2) is 4.39 Å². The number of hydrogen-bond donors (Lipinski definition) is 1. The molecule has 1 saturated heterocycles. The summed E-state index contributed by atoms with van der Waals surface area (Å²) in [6, 6.07) is 8.15. The maximum Gasteiger partial charge on any atom is 0.251 e. The Balaban J connectivity index is 2.34. The first-order valence-electron chi connectivity index (χ1n) is 5.78. The van der Waals surface area contributed by atoms with Crippen molar-refractivity contribution in [1.29, 1.82) is 0 Å². The second-order valence-corrected chi connectivity index (χ2v) is 4.37. The van der Waals surface area contributed by atoms with Crippen LogP contribution in [0, 0.1) is 5.82 Å². The molecule has 1 aromatic carbocycles. The normalized spacial score (nSPS) is 19.9. The summed E-state index contributed by atoms with van der Waals surface area (Å²) < 4.78 is 15.5. The highest BCUT2D eigenvalue weighted by Gasteiger charge is 2.20. The van der Waals surface area contributed by atoms with Gasteiger partial charge in [-0.2, -0.15) is 0 Å². The average molecular weight is 232 g/mol. The minimum absolute atomic E-state index is 0.0584. The molecule has 0 spiro atoms. The molecular weight excluding hydrogens is 219 g/mol. The Morgan fingerprint density at radius 3 is 2.94 bits per heavy atom. The van der Waals surface area contributed by atoms with Gasteiger partial charge in [0.15, 0.2) is 0 Å². The van der Waals surface area contributed by atoms with E-state index in [0.29, 0.717) is 5.52 Å². The van der Waals surface area contributed by atoms with Gasteiger partial charge in [0.25, 0.3) is 5.56 Å². The fourth-order valence-electron chi connectivity index (χ4n) is 2.49. The van der Waals surface area contributed by atoms with Crippen LogP contribution in [0.4, 0.5) is 4.39 Å². The molecule has 1 unspecified atom stereocenters. The molecule has 1 aliphatic rings. The lowest BCUT2D eigenvalue weighted by Crippen LogP contribution is -2.26. The van der Waals surface area contributed by atoms with Crippen LogP contribution < -0.4 is 10.9 Å². The van der Waals surface area contributed by atoms with Gasteiger partial charge in [-0.3, -0.25) is 4.79 Å². The van der Waals surface area contributed by atoms with E-state index in [2.05, 4.69) is 5.32 Å². The molecule has 0 amide bonds. The summed E-state index contributed by atoms with van der Waals surface area (Å²) in [6.45, 7) is 1.61. The first-order chi connectivity index (χ1) is 8.27. The molecule has 0 radical (unpaired) electrons. The lowest BCUT2D eigenvalue weighted by Gasteiger charge is -2.16. The van der Waals surface area contributed by atoms with E-state index in [0.717, 1.165) is 24.9 Å². The zero-order valence-corrected chi connectivity index (χ0v) is 9.32. The third kappa shape index (κ3) is 1.65. The number of fused-ring (bicyclic) bond motifs is 1. The molecule has 1 aromatic heterocycles. The lowest BCUT2D eigenvalue weighted by atomic mass is 10.1. The standard InChI is InChI=1S/C13H13FN2O/c14-11-3-1-2-9-4-5-12(17)16(13(9)11)10-6-7-15-8-10/h1-5,10,15H,6-8H2. The Hall–Kier alpha value is -1.68. The van der Waals surface area contributed by atoms with E-state index in [-0.39, 0.29) is 17.4 Å². The second kappa shape index (κ2) is 3.96. The molecule has 3 rings (SSSR count). The maximum atomic E-state index is 13.9. The van der Waals surface area contributed by atoms with Crippen LogP contribution in [-0.4, -0.2) is 17.7 Å². The number of nitrogens with zero attached hydrogens (tertiary/aromatic N) is 1. The van der Waals surface area contributed by atoms with Gasteiger partial charge in [-0.1, -0.05) is 12.1 Å². The van der Waals surface area contributed by atoms with Crippen molar-refractivity contribution in [3.05, 3.63) is 46.5 Å². The Kier molecular flexibility index (Phi) is 2.44. The zero-order valence-electron chi connectivity index (χ0n) is 9.32. The van der Waals surface area contributed by atoms with Crippen molar-refractivity contribution in [3.8, 4) is 0 Å². The van der Waals surface area contributed by atoms with Gasteiger partial charge in [0.2, 0.25) is 0 Å². The summed E-state index contributed by atoms with van der Waals surface area (Å²) in [5.41, 5.74) is 0.296. The van der Waals surface area contributed by atoms with Crippen LogP contribution in [0.3, 0.4) is 0 Å². The molecule has 1 atom stereocenters. The van der Waals surface area contributed by atoms with E-state index >= 15 is 0 Å². The summed E-state index contributed by atoms with van der Waals surface area (Å²) in [5, 5.41) is 3.97. The number of nitrogens with one attached hydrogen (secondary N) is 1. The molecule has 0 saturated carbocycles. The van der Waals surface area contributed by atoms with Crippen molar-refractivity contribution in [1.82, 2.24) is 9.88 Å². The van der Waals surface area contributed by atoms with Gasteiger partial charge < -0.3 is 9.88 Å². The topological polar surface area (TPSA) is 34.0 Å². The van der Waals surface area contributed by atoms with Crippen molar-refractivity contribution in [2.45, 2.75) is 12.5 Å². The Bertz CT molecular complexity index is 614. The fourth-order valence-corrected chi connectivity index (χ4v) is 2.49. The number of rotatable bonds is 1. The molecule has 0 aliphatic carbocycles. The minimum atomic E-state index is -0.327. The van der Waals surface area contributed by atoms with E-state index in [9.17, 15) is 9.18 Å². The number of pyridine rings is 1. The van der Waals surface area contributed by atoms with Gasteiger partial charge in [0, 0.05) is 18.0 Å². The smallest absolute Gasteiger partial charge is 0.251 e. The SMILES string of the molecule is O=c1ccc2cccc(F)c2n1C1CCNC1. The molecule has 88 valence electrons. The van der Waals surface area contributed by atoms with Crippen LogP contribution in [0.2, 0.25) is 0 Å². The summed E-state index contributed by atoms with van der Waals surface area (Å²) in [4.78, 5) is 11.9. The summed E-state index contributed by atoms with van der Waals surface area (Å²) in [7, 11) is 0. The van der Waals surface area contributed by atoms with E-state index in [1.54, 1.807) is 16.7 Å². The fraction of sp³-hybridized carbons (Fsp3) is 0.308. The van der Waals surface area contributed by atoms with Gasteiger partial charge in [-0.15, -0.1) is 0 Å². The molecule has 4 heteroatoms. The van der Waals surface area contributed by atoms with Crippen molar-refractivity contribution >= 4 is 10.9 Å². The quantitative estimate of drug-likeness (QED) is 0.811. The number of hydrogen-bond acceptors (Lipinski definition) is 2. The van der Waals surface area contributed by atoms with Gasteiger partial charge in [0.05, 0.1) is 11.6 Å². The number of halogens is 1. The van der Waals surface area contributed by atoms with Crippen molar-refractivity contribution < 1.29 is 4.39 Å². The van der Waals surface area contributed by atoms with Crippen LogP contribution in [0.5, 0.6) is 0 Å². The molecular formula is C13H13FN2O. The van der Waals surface area contributed by atoms with E-state index in [4.69, 9.17) is 0 Å². The van der Waals surface area contributed by atoms with Crippen LogP contribution >= 0.6 is 0 Å². The van der Waals surface area contributed by atoms with E-state index < -0.39 is 0 Å². The van der Waals surface area contributed by atoms with Gasteiger partial charge >= 0.3 is 0 Å². The van der Waals surface area contributed by atoms with Crippen LogP contribution in [-0.2, 0) is 0 Å². The Morgan fingerprint density at radius 2 is 2.18 bits per heavy atom. The largest absolute Gasteiger partial charge is 0.315 e. The highest BCUT2D eigenvalue weighted by atomic mass is 19.1. The zero-order chi connectivity index (χ0) is 11.8. The summed E-state index contributed by atoms with van der Waals surface area (Å²) in [6.07, 6.45) is 0.868. The molecule has 1 N–H and O–H groups in total. The molecule has 17 heavy (non-hydrogen) atoms. The average Bonchev–Trinajstić information content (AvgIpc) is 2.83. The molecule has 2 heterocycles. The van der Waals surface area contributed by atoms with Crippen molar-refractivity contribution in [2.24, 2.45) is 0 Å². The van der Waals surface area contributed by atoms with E-state index in [1.807, 2.05) is 6.07 Å². The maximum absolute atomic E-state index is 13.9. The lowest BCUT2D eigenvalue weighted by molar-refractivity contribution is 0.533. The predicted molar refractivity (Wildman–Crippen MR) is 64.7 cm³/mol. The number of aromatic nitrogens is 1. The number of para-hydroxylation sites is 1. The predicted octanol–water partition coefficient (Wildman–Crippen LogP) is 1.67. The number of benzene rings is 1. The van der Waals surface area contributed by atoms with Crippen molar-refractivity contribution in [2.75, 3.05) is 13.1 Å². The monoisotopic (exact) mass is 232 g/mol. The molecule has 3 nitrogen and oxygen atoms in total. The Morgan fingerprint density at radius 1 is 1.29 bits per heavy atom. The molecule has 1 aliphatic heterocycles. The molecule has 0 bridgehead atoms. The minimum Gasteiger partial charge on any atom is -0.315 e. The summed E-state index contributed by atoms with van der Waals surface area (Å²) >= 11 is 0. The van der Waals surface area contributed by atoms with Crippen molar-refractivity contribution in [3.63, 3.8) is 0 Å². The highest BCUT2D eigenvalue weighted by molar-refractivity contribution is 5.79. The first-order valence-corrected chi connectivity index (χ1v) is 5.78. The highest BCUT2D eigenvalue weighted by Crippen LogP contribution is 2.22. The summed E-state index contributed by atoms with van der Waals surface area (Å²) in [5.74, 6) is -0.327. The third-order valence-corrected chi connectivity index (χ3v) is 3.30. The second-order valence-electron chi connectivity index (χ2n) is 4.37. The van der Waals surface area contributed by atoms with Crippen LogP contribution in [0.25, 0.3) is 10.9 Å². The molecule has 1 fully saturated rings. The van der Waals surface area contributed by atoms with E-state index in [1.165, 1.54) is 12.1 Å². The Labute approximate surface area is 97.9 Å². The van der Waals surface area contributed by atoms with Crippen LogP contribution in [0.15, 0.2) is 35.1 Å². The van der Waals surface area contributed by atoms with Gasteiger partial charge in [0.1, 0.15) is 5.82 Å². The molecule has 2 aromatic rings. The first kappa shape index (κ1) is 10.5. The third-order valence-electron chi connectivity index (χ3n) is 3.30. The van der Waals surface area contributed by atoms with Gasteiger partial charge in [-0.05, 0) is 25.1 Å².